The fourth-order valence-corrected chi connectivity index (χ4v) is 3.13. The number of nitrogens with one attached hydrogen (secondary N) is 1. The minimum Gasteiger partial charge on any atom is -0.376 e. The molecular formula is C20H19N3O2. The molecule has 1 atom stereocenters. The number of fused-ring (bicyclic) bond motifs is 1. The average molecular weight is 333 g/mol. The number of aromatic nitrogens is 2. The zero-order chi connectivity index (χ0) is 17.1. The molecule has 25 heavy (non-hydrogen) atoms. The lowest BCUT2D eigenvalue weighted by atomic mass is 10.0. The van der Waals surface area contributed by atoms with E-state index in [9.17, 15) is 4.79 Å². The molecule has 0 radical (unpaired) electrons. The van der Waals surface area contributed by atoms with E-state index in [1.807, 2.05) is 42.5 Å². The molecule has 3 heterocycles. The minimum atomic E-state index is -0.0979. The van der Waals surface area contributed by atoms with Crippen LogP contribution in [-0.4, -0.2) is 35.1 Å². The third-order valence-corrected chi connectivity index (χ3v) is 4.43. The Morgan fingerprint density at radius 1 is 1.24 bits per heavy atom. The van der Waals surface area contributed by atoms with Gasteiger partial charge in [-0.05, 0) is 37.1 Å². The van der Waals surface area contributed by atoms with Crippen LogP contribution in [0.25, 0.3) is 22.2 Å². The maximum Gasteiger partial charge on any atom is 0.252 e. The normalized spacial score (nSPS) is 16.9. The van der Waals surface area contributed by atoms with Crippen molar-refractivity contribution in [2.45, 2.75) is 18.9 Å². The average Bonchev–Trinajstić information content (AvgIpc) is 3.19. The summed E-state index contributed by atoms with van der Waals surface area (Å²) in [6.45, 7) is 1.32. The van der Waals surface area contributed by atoms with Crippen LogP contribution in [0.3, 0.4) is 0 Å². The summed E-state index contributed by atoms with van der Waals surface area (Å²) < 4.78 is 5.58. The van der Waals surface area contributed by atoms with E-state index < -0.39 is 0 Å². The summed E-state index contributed by atoms with van der Waals surface area (Å²) in [5.41, 5.74) is 3.06. The molecule has 1 N–H and O–H groups in total. The van der Waals surface area contributed by atoms with Gasteiger partial charge in [0.25, 0.3) is 5.91 Å². The lowest BCUT2D eigenvalue weighted by molar-refractivity contribution is 0.0859. The third-order valence-electron chi connectivity index (χ3n) is 4.43. The summed E-state index contributed by atoms with van der Waals surface area (Å²) in [5, 5.41) is 3.85. The molecule has 4 rings (SSSR count). The van der Waals surface area contributed by atoms with Gasteiger partial charge in [-0.2, -0.15) is 0 Å². The van der Waals surface area contributed by atoms with E-state index in [0.717, 1.165) is 41.6 Å². The highest BCUT2D eigenvalue weighted by Crippen LogP contribution is 2.24. The molecular weight excluding hydrogens is 314 g/mol. The van der Waals surface area contributed by atoms with E-state index in [4.69, 9.17) is 4.74 Å². The molecule has 1 aliphatic heterocycles. The van der Waals surface area contributed by atoms with Crippen molar-refractivity contribution < 1.29 is 9.53 Å². The van der Waals surface area contributed by atoms with E-state index in [2.05, 4.69) is 15.3 Å². The maximum atomic E-state index is 12.8. The van der Waals surface area contributed by atoms with Crippen molar-refractivity contribution in [2.24, 2.45) is 0 Å². The standard InChI is InChI=1S/C20H19N3O2/c24-20(22-13-15-6-4-10-25-15)17-11-19(14-5-3-9-21-12-14)23-18-8-2-1-7-16(17)18/h1-3,5,7-9,11-12,15H,4,6,10,13H2,(H,22,24)/t15-/m1/s1. The van der Waals surface area contributed by atoms with E-state index in [0.29, 0.717) is 12.1 Å². The van der Waals surface area contributed by atoms with Gasteiger partial charge in [-0.15, -0.1) is 0 Å². The number of pyridine rings is 2. The number of amides is 1. The van der Waals surface area contributed by atoms with Gasteiger partial charge in [0.2, 0.25) is 0 Å². The van der Waals surface area contributed by atoms with Gasteiger partial charge in [0.15, 0.2) is 0 Å². The minimum absolute atomic E-state index is 0.0979. The molecule has 1 saturated heterocycles. The highest BCUT2D eigenvalue weighted by Gasteiger charge is 2.18. The van der Waals surface area contributed by atoms with E-state index >= 15 is 0 Å². The summed E-state index contributed by atoms with van der Waals surface area (Å²) in [6.07, 6.45) is 5.66. The molecule has 5 nitrogen and oxygen atoms in total. The quantitative estimate of drug-likeness (QED) is 0.796. The first-order valence-electron chi connectivity index (χ1n) is 8.51. The first-order chi connectivity index (χ1) is 12.3. The Balaban J connectivity index is 1.69. The van der Waals surface area contributed by atoms with Crippen molar-refractivity contribution >= 4 is 16.8 Å². The molecule has 1 aromatic carbocycles. The summed E-state index contributed by atoms with van der Waals surface area (Å²) in [6, 6.07) is 13.3. The van der Waals surface area contributed by atoms with Crippen molar-refractivity contribution in [3.05, 3.63) is 60.4 Å². The molecule has 0 spiro atoms. The molecule has 0 aliphatic carbocycles. The fourth-order valence-electron chi connectivity index (χ4n) is 3.13. The van der Waals surface area contributed by atoms with Crippen LogP contribution in [0.4, 0.5) is 0 Å². The first-order valence-corrected chi connectivity index (χ1v) is 8.51. The van der Waals surface area contributed by atoms with Crippen LogP contribution in [0, 0.1) is 0 Å². The van der Waals surface area contributed by atoms with Gasteiger partial charge < -0.3 is 10.1 Å². The van der Waals surface area contributed by atoms with Crippen molar-refractivity contribution in [2.75, 3.05) is 13.2 Å². The van der Waals surface area contributed by atoms with Gasteiger partial charge in [0, 0.05) is 36.5 Å². The van der Waals surface area contributed by atoms with Crippen LogP contribution in [0.1, 0.15) is 23.2 Å². The second-order valence-corrected chi connectivity index (χ2v) is 6.16. The molecule has 5 heteroatoms. The van der Waals surface area contributed by atoms with Crippen molar-refractivity contribution in [1.82, 2.24) is 15.3 Å². The Labute approximate surface area is 146 Å². The topological polar surface area (TPSA) is 64.1 Å². The third kappa shape index (κ3) is 3.37. The smallest absolute Gasteiger partial charge is 0.252 e. The number of para-hydroxylation sites is 1. The molecule has 3 aromatic rings. The Kier molecular flexibility index (Phi) is 4.39. The maximum absolute atomic E-state index is 12.8. The summed E-state index contributed by atoms with van der Waals surface area (Å²) in [5.74, 6) is -0.0979. The highest BCUT2D eigenvalue weighted by molar-refractivity contribution is 6.07. The van der Waals surface area contributed by atoms with Crippen molar-refractivity contribution in [1.29, 1.82) is 0 Å². The highest BCUT2D eigenvalue weighted by atomic mass is 16.5. The van der Waals surface area contributed by atoms with Crippen molar-refractivity contribution in [3.8, 4) is 11.3 Å². The summed E-state index contributed by atoms with van der Waals surface area (Å²) in [4.78, 5) is 21.6. The van der Waals surface area contributed by atoms with Gasteiger partial charge in [0.05, 0.1) is 22.9 Å². The van der Waals surface area contributed by atoms with E-state index in [1.165, 1.54) is 0 Å². The number of benzene rings is 1. The zero-order valence-electron chi connectivity index (χ0n) is 13.8. The fraction of sp³-hybridized carbons (Fsp3) is 0.250. The molecule has 126 valence electrons. The van der Waals surface area contributed by atoms with E-state index in [-0.39, 0.29) is 12.0 Å². The molecule has 1 aliphatic rings. The van der Waals surface area contributed by atoms with E-state index in [1.54, 1.807) is 12.4 Å². The molecule has 0 saturated carbocycles. The molecule has 0 unspecified atom stereocenters. The van der Waals surface area contributed by atoms with Crippen LogP contribution >= 0.6 is 0 Å². The number of ether oxygens (including phenoxy) is 1. The molecule has 1 fully saturated rings. The molecule has 1 amide bonds. The Morgan fingerprint density at radius 2 is 2.16 bits per heavy atom. The van der Waals surface area contributed by atoms with Gasteiger partial charge >= 0.3 is 0 Å². The number of rotatable bonds is 4. The molecule has 2 aromatic heterocycles. The number of nitrogens with zero attached hydrogens (tertiary/aromatic N) is 2. The zero-order valence-corrected chi connectivity index (χ0v) is 13.8. The first kappa shape index (κ1) is 15.7. The lowest BCUT2D eigenvalue weighted by Crippen LogP contribution is -2.31. The Bertz CT molecular complexity index is 890. The van der Waals surface area contributed by atoms with Crippen LogP contribution in [0.15, 0.2) is 54.9 Å². The lowest BCUT2D eigenvalue weighted by Gasteiger charge is -2.13. The van der Waals surface area contributed by atoms with Gasteiger partial charge in [-0.25, -0.2) is 4.98 Å². The van der Waals surface area contributed by atoms with Crippen LogP contribution in [0.2, 0.25) is 0 Å². The van der Waals surface area contributed by atoms with Gasteiger partial charge in [-0.3, -0.25) is 9.78 Å². The SMILES string of the molecule is O=C(NC[C@H]1CCCO1)c1cc(-c2cccnc2)nc2ccccc12. The second kappa shape index (κ2) is 6.99. The van der Waals surface area contributed by atoms with Crippen LogP contribution in [-0.2, 0) is 4.74 Å². The summed E-state index contributed by atoms with van der Waals surface area (Å²) in [7, 11) is 0. The van der Waals surface area contributed by atoms with Crippen LogP contribution in [0.5, 0.6) is 0 Å². The number of hydrogen-bond donors (Lipinski definition) is 1. The second-order valence-electron chi connectivity index (χ2n) is 6.16. The monoisotopic (exact) mass is 333 g/mol. The number of carbonyl (C=O) groups excluding carboxylic acids is 1. The number of carbonyl (C=O) groups is 1. The van der Waals surface area contributed by atoms with Gasteiger partial charge in [0.1, 0.15) is 0 Å². The van der Waals surface area contributed by atoms with Crippen LogP contribution < -0.4 is 5.32 Å². The predicted octanol–water partition coefficient (Wildman–Crippen LogP) is 3.21. The Morgan fingerprint density at radius 3 is 2.96 bits per heavy atom. The summed E-state index contributed by atoms with van der Waals surface area (Å²) >= 11 is 0. The molecule has 0 bridgehead atoms. The van der Waals surface area contributed by atoms with Gasteiger partial charge in [-0.1, -0.05) is 18.2 Å². The largest absolute Gasteiger partial charge is 0.376 e. The number of hydrogen-bond acceptors (Lipinski definition) is 4. The van der Waals surface area contributed by atoms with Crippen molar-refractivity contribution in [3.63, 3.8) is 0 Å². The predicted molar refractivity (Wildman–Crippen MR) is 96.3 cm³/mol. The Hall–Kier alpha value is -2.79.